The largest absolute Gasteiger partial charge is 0.262 e. The summed E-state index contributed by atoms with van der Waals surface area (Å²) in [5, 5.41) is 8.46. The predicted octanol–water partition coefficient (Wildman–Crippen LogP) is 2.47. The molecule has 0 bridgehead atoms. The minimum absolute atomic E-state index is 0.112. The lowest BCUT2D eigenvalue weighted by molar-refractivity contribution is 1.50. The molecule has 0 saturated heterocycles. The Hall–Kier alpha value is -2.06. The highest BCUT2D eigenvalue weighted by molar-refractivity contribution is 5.58. The third kappa shape index (κ3) is 1.97. The van der Waals surface area contributed by atoms with Gasteiger partial charge in [0.25, 0.3) is 5.70 Å². The Balaban J connectivity index is 2.98. The fourth-order valence-electron chi connectivity index (χ4n) is 0.797. The van der Waals surface area contributed by atoms with Gasteiger partial charge in [0.2, 0.25) is 0 Å². The molecule has 0 atom stereocenters. The third-order valence-electron chi connectivity index (χ3n) is 1.34. The SMILES string of the molecule is [C-]#[N+]/C(C#N)=C/c1ccccc1. The highest BCUT2D eigenvalue weighted by Crippen LogP contribution is 2.05. The van der Waals surface area contributed by atoms with Gasteiger partial charge in [-0.25, -0.2) is 10.1 Å². The molecule has 56 valence electrons. The fourth-order valence-corrected chi connectivity index (χ4v) is 0.797. The molecule has 0 aliphatic heterocycles. The molecule has 0 heterocycles. The maximum absolute atomic E-state index is 8.46. The molecule has 2 nitrogen and oxygen atoms in total. The second-order valence-corrected chi connectivity index (χ2v) is 2.16. The highest BCUT2D eigenvalue weighted by atomic mass is 14.7. The van der Waals surface area contributed by atoms with E-state index in [0.29, 0.717) is 0 Å². The Morgan fingerprint density at radius 3 is 2.58 bits per heavy atom. The zero-order valence-electron chi connectivity index (χ0n) is 6.36. The summed E-state index contributed by atoms with van der Waals surface area (Å²) < 4.78 is 0. The lowest BCUT2D eigenvalue weighted by atomic mass is 10.2. The molecular weight excluding hydrogens is 148 g/mol. The smallest absolute Gasteiger partial charge is 0.227 e. The van der Waals surface area contributed by atoms with Crippen LogP contribution in [0.4, 0.5) is 0 Å². The van der Waals surface area contributed by atoms with Crippen LogP contribution in [-0.2, 0) is 0 Å². The summed E-state index contributed by atoms with van der Waals surface area (Å²) in [7, 11) is 0. The average molecular weight is 154 g/mol. The zero-order valence-corrected chi connectivity index (χ0v) is 6.36. The summed E-state index contributed by atoms with van der Waals surface area (Å²) in [5.74, 6) is 0. The number of benzene rings is 1. The molecule has 0 amide bonds. The van der Waals surface area contributed by atoms with E-state index in [1.807, 2.05) is 36.4 Å². The average Bonchev–Trinajstić information content (AvgIpc) is 2.16. The standard InChI is InChI=1S/C10H6N2/c1-12-10(8-11)7-9-5-3-2-4-6-9/h2-7H/b10-7+. The van der Waals surface area contributed by atoms with E-state index in [1.165, 1.54) is 0 Å². The van der Waals surface area contributed by atoms with Crippen LogP contribution in [0.2, 0.25) is 0 Å². The Kier molecular flexibility index (Phi) is 2.65. The molecule has 2 heteroatoms. The summed E-state index contributed by atoms with van der Waals surface area (Å²) in [4.78, 5) is 3.05. The lowest BCUT2D eigenvalue weighted by Gasteiger charge is -1.89. The summed E-state index contributed by atoms with van der Waals surface area (Å²) in [6.07, 6.45) is 1.56. The summed E-state index contributed by atoms with van der Waals surface area (Å²) in [5.41, 5.74) is 0.992. The molecule has 0 unspecified atom stereocenters. The quantitative estimate of drug-likeness (QED) is 0.451. The molecule has 1 aromatic rings. The van der Waals surface area contributed by atoms with E-state index in [9.17, 15) is 0 Å². The summed E-state index contributed by atoms with van der Waals surface area (Å²) >= 11 is 0. The molecule has 0 fully saturated rings. The molecule has 0 aliphatic carbocycles. The van der Waals surface area contributed by atoms with E-state index < -0.39 is 0 Å². The van der Waals surface area contributed by atoms with E-state index in [2.05, 4.69) is 4.85 Å². The number of allylic oxidation sites excluding steroid dienone is 1. The van der Waals surface area contributed by atoms with Gasteiger partial charge in [-0.1, -0.05) is 30.3 Å². The Bertz CT molecular complexity index is 347. The first kappa shape index (κ1) is 8.04. The minimum atomic E-state index is 0.112. The van der Waals surface area contributed by atoms with E-state index in [4.69, 9.17) is 11.8 Å². The molecular formula is C10H6N2. The Labute approximate surface area is 71.2 Å². The van der Waals surface area contributed by atoms with Gasteiger partial charge in [-0.3, -0.25) is 0 Å². The summed E-state index contributed by atoms with van der Waals surface area (Å²) in [6, 6.07) is 11.1. The molecule has 12 heavy (non-hydrogen) atoms. The Morgan fingerprint density at radius 1 is 1.42 bits per heavy atom. The highest BCUT2D eigenvalue weighted by Gasteiger charge is 1.91. The van der Waals surface area contributed by atoms with Gasteiger partial charge in [0, 0.05) is 0 Å². The minimum Gasteiger partial charge on any atom is -0.227 e. The molecule has 0 aliphatic rings. The normalized spacial score (nSPS) is 10.0. The first-order chi connectivity index (χ1) is 5.86. The van der Waals surface area contributed by atoms with E-state index in [-0.39, 0.29) is 5.70 Å². The van der Waals surface area contributed by atoms with Gasteiger partial charge in [-0.05, 0) is 11.6 Å². The van der Waals surface area contributed by atoms with Crippen molar-refractivity contribution in [1.82, 2.24) is 0 Å². The fraction of sp³-hybridized carbons (Fsp3) is 0. The van der Waals surface area contributed by atoms with E-state index in [0.717, 1.165) is 5.56 Å². The van der Waals surface area contributed by atoms with Crippen molar-refractivity contribution >= 4 is 6.08 Å². The van der Waals surface area contributed by atoms with Crippen molar-refractivity contribution in [2.45, 2.75) is 0 Å². The third-order valence-corrected chi connectivity index (χ3v) is 1.34. The van der Waals surface area contributed by atoms with Crippen LogP contribution in [0.3, 0.4) is 0 Å². The number of nitriles is 1. The van der Waals surface area contributed by atoms with Gasteiger partial charge in [0.15, 0.2) is 0 Å². The van der Waals surface area contributed by atoms with E-state index >= 15 is 0 Å². The van der Waals surface area contributed by atoms with Crippen LogP contribution in [0.25, 0.3) is 10.9 Å². The molecule has 0 aromatic heterocycles. The van der Waals surface area contributed by atoms with Gasteiger partial charge in [0.1, 0.15) is 0 Å². The van der Waals surface area contributed by atoms with E-state index in [1.54, 1.807) is 6.08 Å². The first-order valence-corrected chi connectivity index (χ1v) is 3.41. The Morgan fingerprint density at radius 2 is 2.08 bits per heavy atom. The van der Waals surface area contributed by atoms with Crippen molar-refractivity contribution in [3.05, 3.63) is 53.0 Å². The lowest BCUT2D eigenvalue weighted by Crippen LogP contribution is -1.71. The number of hydrogen-bond donors (Lipinski definition) is 0. The van der Waals surface area contributed by atoms with Crippen molar-refractivity contribution in [3.8, 4) is 6.07 Å². The maximum atomic E-state index is 8.46. The van der Waals surface area contributed by atoms with Crippen molar-refractivity contribution in [2.24, 2.45) is 0 Å². The number of rotatable bonds is 1. The molecule has 0 radical (unpaired) electrons. The molecule has 0 saturated carbocycles. The van der Waals surface area contributed by atoms with Crippen LogP contribution < -0.4 is 0 Å². The molecule has 1 rings (SSSR count). The number of nitrogens with zero attached hydrogens (tertiary/aromatic N) is 2. The van der Waals surface area contributed by atoms with Gasteiger partial charge in [-0.2, -0.15) is 0 Å². The topological polar surface area (TPSA) is 28.1 Å². The monoisotopic (exact) mass is 154 g/mol. The van der Waals surface area contributed by atoms with Crippen molar-refractivity contribution in [2.75, 3.05) is 0 Å². The number of hydrogen-bond acceptors (Lipinski definition) is 1. The molecule has 1 aromatic carbocycles. The maximum Gasteiger partial charge on any atom is 0.262 e. The van der Waals surface area contributed by atoms with Crippen LogP contribution in [0.15, 0.2) is 36.0 Å². The molecule has 0 N–H and O–H groups in total. The van der Waals surface area contributed by atoms with Gasteiger partial charge in [-0.15, -0.1) is 0 Å². The van der Waals surface area contributed by atoms with Crippen LogP contribution in [0.1, 0.15) is 5.56 Å². The van der Waals surface area contributed by atoms with Crippen LogP contribution in [0, 0.1) is 17.9 Å². The molecule has 0 spiro atoms. The summed E-state index contributed by atoms with van der Waals surface area (Å²) in [6.45, 7) is 6.64. The van der Waals surface area contributed by atoms with Crippen LogP contribution in [-0.4, -0.2) is 0 Å². The first-order valence-electron chi connectivity index (χ1n) is 3.41. The van der Waals surface area contributed by atoms with Crippen LogP contribution >= 0.6 is 0 Å². The second kappa shape index (κ2) is 3.95. The van der Waals surface area contributed by atoms with Gasteiger partial charge in [0.05, 0.1) is 12.6 Å². The van der Waals surface area contributed by atoms with Crippen molar-refractivity contribution in [3.63, 3.8) is 0 Å². The predicted molar refractivity (Wildman–Crippen MR) is 46.6 cm³/mol. The van der Waals surface area contributed by atoms with Gasteiger partial charge >= 0.3 is 0 Å². The van der Waals surface area contributed by atoms with Crippen molar-refractivity contribution < 1.29 is 0 Å². The second-order valence-electron chi connectivity index (χ2n) is 2.16. The zero-order chi connectivity index (χ0) is 8.81. The van der Waals surface area contributed by atoms with Crippen LogP contribution in [0.5, 0.6) is 0 Å². The van der Waals surface area contributed by atoms with Crippen molar-refractivity contribution in [1.29, 1.82) is 5.26 Å². The van der Waals surface area contributed by atoms with Gasteiger partial charge < -0.3 is 0 Å².